The van der Waals surface area contributed by atoms with Crippen LogP contribution in [0, 0.1) is 11.8 Å². The summed E-state index contributed by atoms with van der Waals surface area (Å²) >= 11 is 0. The van der Waals surface area contributed by atoms with Crippen LogP contribution in [0.4, 0.5) is 0 Å². The molecule has 1 aliphatic rings. The smallest absolute Gasteiger partial charge is 0.0169 e. The highest BCUT2D eigenvalue weighted by Crippen LogP contribution is 2.28. The van der Waals surface area contributed by atoms with Crippen molar-refractivity contribution in [3.63, 3.8) is 0 Å². The van der Waals surface area contributed by atoms with E-state index < -0.39 is 0 Å². The first kappa shape index (κ1) is 11.8. The molecule has 1 atom stereocenters. The van der Waals surface area contributed by atoms with Gasteiger partial charge in [0.05, 0.1) is 0 Å². The Bertz CT molecular complexity index is 203. The minimum atomic E-state index is 0.713. The van der Waals surface area contributed by atoms with Gasteiger partial charge in [0.25, 0.3) is 0 Å². The summed E-state index contributed by atoms with van der Waals surface area (Å²) in [5.74, 6) is 1.50. The summed E-state index contributed by atoms with van der Waals surface area (Å²) in [6, 6.07) is 0. The Labute approximate surface area is 89.0 Å². The molecule has 0 amide bonds. The molecule has 0 aromatic carbocycles. The molecular formula is C13H25N. The summed E-state index contributed by atoms with van der Waals surface area (Å²) in [5.41, 5.74) is 3.42. The third-order valence-corrected chi connectivity index (χ3v) is 3.43. The van der Waals surface area contributed by atoms with Gasteiger partial charge in [0, 0.05) is 6.54 Å². The van der Waals surface area contributed by atoms with Gasteiger partial charge in [-0.1, -0.05) is 38.8 Å². The predicted molar refractivity (Wildman–Crippen MR) is 63.4 cm³/mol. The molecule has 0 fully saturated rings. The van der Waals surface area contributed by atoms with E-state index in [0.29, 0.717) is 5.92 Å². The Kier molecular flexibility index (Phi) is 4.67. The predicted octanol–water partition coefficient (Wildman–Crippen LogP) is 3.37. The fourth-order valence-electron chi connectivity index (χ4n) is 2.29. The van der Waals surface area contributed by atoms with Crippen LogP contribution >= 0.6 is 0 Å². The largest absolute Gasteiger partial charge is 0.313 e. The van der Waals surface area contributed by atoms with Crippen molar-refractivity contribution in [2.24, 2.45) is 11.8 Å². The zero-order valence-corrected chi connectivity index (χ0v) is 10.2. The lowest BCUT2D eigenvalue weighted by Gasteiger charge is -2.20. The van der Waals surface area contributed by atoms with Crippen LogP contribution in [0.25, 0.3) is 0 Å². The molecule has 14 heavy (non-hydrogen) atoms. The maximum Gasteiger partial charge on any atom is 0.0169 e. The first-order chi connectivity index (χ1) is 6.66. The minimum Gasteiger partial charge on any atom is -0.313 e. The van der Waals surface area contributed by atoms with Crippen LogP contribution in [-0.2, 0) is 0 Å². The topological polar surface area (TPSA) is 12.0 Å². The van der Waals surface area contributed by atoms with Crippen LogP contribution in [0.5, 0.6) is 0 Å². The number of hydrogen-bond donors (Lipinski definition) is 1. The minimum absolute atomic E-state index is 0.713. The number of nitrogens with one attached hydrogen (secondary N) is 1. The van der Waals surface area contributed by atoms with E-state index >= 15 is 0 Å². The first-order valence-electron chi connectivity index (χ1n) is 6.09. The number of hydrogen-bond acceptors (Lipinski definition) is 1. The van der Waals surface area contributed by atoms with Crippen LogP contribution in [-0.4, -0.2) is 13.1 Å². The van der Waals surface area contributed by atoms with E-state index in [1.807, 2.05) is 0 Å². The molecule has 1 N–H and O–H groups in total. The van der Waals surface area contributed by atoms with Gasteiger partial charge < -0.3 is 5.32 Å². The molecule has 0 aromatic rings. The Balaban J connectivity index is 2.86. The third kappa shape index (κ3) is 2.84. The van der Waals surface area contributed by atoms with Gasteiger partial charge in [-0.3, -0.25) is 0 Å². The fraction of sp³-hybridized carbons (Fsp3) is 0.846. The van der Waals surface area contributed by atoms with Gasteiger partial charge in [-0.25, -0.2) is 0 Å². The first-order valence-corrected chi connectivity index (χ1v) is 6.09. The molecule has 0 aliphatic carbocycles. The molecule has 82 valence electrons. The second-order valence-electron chi connectivity index (χ2n) is 4.79. The maximum atomic E-state index is 3.53. The van der Waals surface area contributed by atoms with E-state index in [0.717, 1.165) is 12.5 Å². The maximum absolute atomic E-state index is 3.53. The number of allylic oxidation sites excluding steroid dienone is 1. The molecule has 0 spiro atoms. The van der Waals surface area contributed by atoms with Crippen molar-refractivity contribution in [2.45, 2.75) is 47.0 Å². The lowest BCUT2D eigenvalue weighted by Crippen LogP contribution is -2.19. The average Bonchev–Trinajstić information content (AvgIpc) is 2.41. The van der Waals surface area contributed by atoms with Gasteiger partial charge in [0.15, 0.2) is 0 Å². The zero-order chi connectivity index (χ0) is 10.6. The molecule has 1 rings (SSSR count). The van der Waals surface area contributed by atoms with Gasteiger partial charge in [-0.05, 0) is 37.6 Å². The molecule has 1 heteroatoms. The second kappa shape index (κ2) is 5.55. The van der Waals surface area contributed by atoms with Gasteiger partial charge >= 0.3 is 0 Å². The highest BCUT2D eigenvalue weighted by molar-refractivity contribution is 5.21. The van der Waals surface area contributed by atoms with E-state index in [9.17, 15) is 0 Å². The Morgan fingerprint density at radius 3 is 2.50 bits per heavy atom. The van der Waals surface area contributed by atoms with Crippen molar-refractivity contribution in [2.75, 3.05) is 13.1 Å². The quantitative estimate of drug-likeness (QED) is 0.681. The molecule has 0 bridgehead atoms. The summed E-state index contributed by atoms with van der Waals surface area (Å²) in [4.78, 5) is 0. The molecule has 0 radical (unpaired) electrons. The molecule has 1 aliphatic heterocycles. The highest BCUT2D eigenvalue weighted by atomic mass is 14.9. The Hall–Kier alpha value is -0.300. The lowest BCUT2D eigenvalue weighted by atomic mass is 9.86. The lowest BCUT2D eigenvalue weighted by molar-refractivity contribution is 0.594. The van der Waals surface area contributed by atoms with E-state index in [2.05, 4.69) is 33.0 Å². The average molecular weight is 195 g/mol. The summed E-state index contributed by atoms with van der Waals surface area (Å²) < 4.78 is 0. The molecular weight excluding hydrogens is 170 g/mol. The highest BCUT2D eigenvalue weighted by Gasteiger charge is 2.17. The van der Waals surface area contributed by atoms with Crippen molar-refractivity contribution in [1.82, 2.24) is 5.32 Å². The SMILES string of the molecule is CCC(C)C1=C(C(C)C)CNCCC1. The van der Waals surface area contributed by atoms with Gasteiger partial charge in [-0.15, -0.1) is 0 Å². The van der Waals surface area contributed by atoms with Crippen molar-refractivity contribution in [3.05, 3.63) is 11.1 Å². The van der Waals surface area contributed by atoms with Crippen LogP contribution < -0.4 is 5.32 Å². The molecule has 0 aromatic heterocycles. The van der Waals surface area contributed by atoms with Crippen molar-refractivity contribution < 1.29 is 0 Å². The standard InChI is InChI=1S/C13H25N/c1-5-11(4)12-7-6-8-14-9-13(12)10(2)3/h10-11,14H,5-9H2,1-4H3. The number of rotatable bonds is 3. The van der Waals surface area contributed by atoms with Gasteiger partial charge in [0.1, 0.15) is 0 Å². The molecule has 0 saturated heterocycles. The summed E-state index contributed by atoms with van der Waals surface area (Å²) in [6.45, 7) is 11.6. The van der Waals surface area contributed by atoms with Crippen molar-refractivity contribution >= 4 is 0 Å². The van der Waals surface area contributed by atoms with Gasteiger partial charge in [-0.2, -0.15) is 0 Å². The summed E-state index contributed by atoms with van der Waals surface area (Å²) in [6.07, 6.45) is 3.91. The Morgan fingerprint density at radius 2 is 1.93 bits per heavy atom. The Morgan fingerprint density at radius 1 is 1.21 bits per heavy atom. The van der Waals surface area contributed by atoms with Crippen LogP contribution in [0.3, 0.4) is 0 Å². The van der Waals surface area contributed by atoms with Crippen molar-refractivity contribution in [3.8, 4) is 0 Å². The van der Waals surface area contributed by atoms with E-state index in [4.69, 9.17) is 0 Å². The van der Waals surface area contributed by atoms with Crippen LogP contribution in [0.2, 0.25) is 0 Å². The molecule has 1 unspecified atom stereocenters. The summed E-state index contributed by atoms with van der Waals surface area (Å²) in [7, 11) is 0. The second-order valence-corrected chi connectivity index (χ2v) is 4.79. The fourth-order valence-corrected chi connectivity index (χ4v) is 2.29. The van der Waals surface area contributed by atoms with E-state index in [1.165, 1.54) is 25.8 Å². The van der Waals surface area contributed by atoms with Gasteiger partial charge in [0.2, 0.25) is 0 Å². The van der Waals surface area contributed by atoms with Crippen LogP contribution in [0.1, 0.15) is 47.0 Å². The molecule has 0 saturated carbocycles. The summed E-state index contributed by atoms with van der Waals surface area (Å²) in [5, 5.41) is 3.53. The zero-order valence-electron chi connectivity index (χ0n) is 10.2. The van der Waals surface area contributed by atoms with E-state index in [1.54, 1.807) is 11.1 Å². The van der Waals surface area contributed by atoms with Crippen molar-refractivity contribution in [1.29, 1.82) is 0 Å². The third-order valence-electron chi connectivity index (χ3n) is 3.43. The monoisotopic (exact) mass is 195 g/mol. The molecule has 1 nitrogen and oxygen atoms in total. The molecule has 1 heterocycles. The normalized spacial score (nSPS) is 21.2. The van der Waals surface area contributed by atoms with Crippen LogP contribution in [0.15, 0.2) is 11.1 Å². The van der Waals surface area contributed by atoms with E-state index in [-0.39, 0.29) is 0 Å².